The van der Waals surface area contributed by atoms with E-state index in [2.05, 4.69) is 4.72 Å². The number of aryl methyl sites for hydroxylation is 1. The predicted molar refractivity (Wildman–Crippen MR) is 102 cm³/mol. The van der Waals surface area contributed by atoms with E-state index in [1.54, 1.807) is 35.2 Å². The predicted octanol–water partition coefficient (Wildman–Crippen LogP) is 3.81. The van der Waals surface area contributed by atoms with Crippen molar-refractivity contribution in [2.75, 3.05) is 16.2 Å². The van der Waals surface area contributed by atoms with Crippen LogP contribution in [-0.4, -0.2) is 20.9 Å². The van der Waals surface area contributed by atoms with Gasteiger partial charge in [0.05, 0.1) is 11.2 Å². The first-order valence-corrected chi connectivity index (χ1v) is 10.2. The lowest BCUT2D eigenvalue weighted by Crippen LogP contribution is -2.35. The van der Waals surface area contributed by atoms with Gasteiger partial charge in [-0.2, -0.15) is 0 Å². The van der Waals surface area contributed by atoms with Gasteiger partial charge in [0.2, 0.25) is 0 Å². The van der Waals surface area contributed by atoms with E-state index in [1.165, 1.54) is 18.4 Å². The van der Waals surface area contributed by atoms with E-state index in [0.29, 0.717) is 12.2 Å². The smallest absolute Gasteiger partial charge is 0.293 e. The summed E-state index contributed by atoms with van der Waals surface area (Å²) in [5.41, 5.74) is 1.98. The van der Waals surface area contributed by atoms with Crippen molar-refractivity contribution < 1.29 is 22.0 Å². The quantitative estimate of drug-likeness (QED) is 0.722. The SMILES string of the molecule is O=C(c1ccco1)N1CCCc2cc(NS(=O)(=O)c3ccc(F)cc3)ccc21. The van der Waals surface area contributed by atoms with Gasteiger partial charge in [-0.1, -0.05) is 0 Å². The summed E-state index contributed by atoms with van der Waals surface area (Å²) in [5.74, 6) is -0.478. The number of carbonyl (C=O) groups excluding carboxylic acids is 1. The third kappa shape index (κ3) is 3.50. The highest BCUT2D eigenvalue weighted by molar-refractivity contribution is 7.92. The van der Waals surface area contributed by atoms with Crippen molar-refractivity contribution in [2.24, 2.45) is 0 Å². The van der Waals surface area contributed by atoms with Gasteiger partial charge in [0.1, 0.15) is 5.82 Å². The van der Waals surface area contributed by atoms with Gasteiger partial charge in [0.25, 0.3) is 15.9 Å². The third-order valence-corrected chi connectivity index (χ3v) is 5.95. The van der Waals surface area contributed by atoms with E-state index in [4.69, 9.17) is 4.42 Å². The Kier molecular flexibility index (Phi) is 4.64. The van der Waals surface area contributed by atoms with Gasteiger partial charge >= 0.3 is 0 Å². The molecule has 0 fully saturated rings. The molecule has 0 bridgehead atoms. The summed E-state index contributed by atoms with van der Waals surface area (Å²) in [6.45, 7) is 0.563. The minimum Gasteiger partial charge on any atom is -0.459 e. The molecule has 144 valence electrons. The fourth-order valence-electron chi connectivity index (χ4n) is 3.23. The molecule has 0 unspecified atom stereocenters. The number of benzene rings is 2. The van der Waals surface area contributed by atoms with Crippen molar-refractivity contribution in [3.8, 4) is 0 Å². The summed E-state index contributed by atoms with van der Waals surface area (Å²) in [5, 5.41) is 0. The number of hydrogen-bond acceptors (Lipinski definition) is 4. The van der Waals surface area contributed by atoms with Gasteiger partial charge in [-0.25, -0.2) is 12.8 Å². The number of hydrogen-bond donors (Lipinski definition) is 1. The van der Waals surface area contributed by atoms with E-state index in [-0.39, 0.29) is 16.6 Å². The number of rotatable bonds is 4. The Morgan fingerprint density at radius 1 is 1.11 bits per heavy atom. The third-order valence-electron chi connectivity index (χ3n) is 4.55. The summed E-state index contributed by atoms with van der Waals surface area (Å²) < 4.78 is 45.7. The second kappa shape index (κ2) is 7.12. The lowest BCUT2D eigenvalue weighted by atomic mass is 10.0. The number of anilines is 2. The first-order valence-electron chi connectivity index (χ1n) is 8.71. The van der Waals surface area contributed by atoms with Gasteiger partial charge in [0.15, 0.2) is 5.76 Å². The van der Waals surface area contributed by atoms with Gasteiger partial charge in [-0.3, -0.25) is 9.52 Å². The van der Waals surface area contributed by atoms with Crippen LogP contribution in [0.25, 0.3) is 0 Å². The molecule has 1 aromatic heterocycles. The van der Waals surface area contributed by atoms with Crippen LogP contribution in [0.2, 0.25) is 0 Å². The van der Waals surface area contributed by atoms with Gasteiger partial charge in [-0.15, -0.1) is 0 Å². The summed E-state index contributed by atoms with van der Waals surface area (Å²) >= 11 is 0. The lowest BCUT2D eigenvalue weighted by molar-refractivity contribution is 0.0958. The molecule has 0 spiro atoms. The van der Waals surface area contributed by atoms with Crippen LogP contribution >= 0.6 is 0 Å². The van der Waals surface area contributed by atoms with Crippen molar-refractivity contribution in [2.45, 2.75) is 17.7 Å². The molecule has 6 nitrogen and oxygen atoms in total. The first-order chi connectivity index (χ1) is 13.4. The van der Waals surface area contributed by atoms with Crippen LogP contribution in [0, 0.1) is 5.82 Å². The largest absolute Gasteiger partial charge is 0.459 e. The minimum absolute atomic E-state index is 0.0266. The molecule has 1 aliphatic rings. The van der Waals surface area contributed by atoms with Gasteiger partial charge in [0, 0.05) is 17.9 Å². The molecule has 1 N–H and O–H groups in total. The second-order valence-corrected chi connectivity index (χ2v) is 8.12. The van der Waals surface area contributed by atoms with Crippen molar-refractivity contribution >= 4 is 27.3 Å². The maximum absolute atomic E-state index is 13.0. The molecule has 3 aromatic rings. The number of nitrogens with zero attached hydrogens (tertiary/aromatic N) is 1. The standard InChI is InChI=1S/C20H17FN2O4S/c21-15-5-8-17(9-6-15)28(25,26)22-16-7-10-18-14(13-16)3-1-11-23(18)20(24)19-4-2-12-27-19/h2,4-10,12-13,22H,1,3,11H2. The molecule has 0 saturated carbocycles. The van der Waals surface area contributed by atoms with Crippen LogP contribution in [0.3, 0.4) is 0 Å². The summed E-state index contributed by atoms with van der Waals surface area (Å²) in [4.78, 5) is 14.2. The summed E-state index contributed by atoms with van der Waals surface area (Å²) in [7, 11) is -3.83. The van der Waals surface area contributed by atoms with Crippen molar-refractivity contribution in [1.82, 2.24) is 0 Å². The van der Waals surface area contributed by atoms with E-state index in [0.717, 1.165) is 36.2 Å². The van der Waals surface area contributed by atoms with Crippen molar-refractivity contribution in [3.05, 3.63) is 78.0 Å². The Bertz CT molecular complexity index is 1110. The Balaban J connectivity index is 1.60. The zero-order valence-corrected chi connectivity index (χ0v) is 15.6. The Morgan fingerprint density at radius 2 is 1.89 bits per heavy atom. The maximum Gasteiger partial charge on any atom is 0.293 e. The molecule has 0 radical (unpaired) electrons. The molecular weight excluding hydrogens is 383 g/mol. The molecule has 1 aliphatic heterocycles. The fraction of sp³-hybridized carbons (Fsp3) is 0.150. The fourth-order valence-corrected chi connectivity index (χ4v) is 4.28. The molecule has 2 heterocycles. The second-order valence-electron chi connectivity index (χ2n) is 6.44. The zero-order valence-electron chi connectivity index (χ0n) is 14.8. The number of sulfonamides is 1. The van der Waals surface area contributed by atoms with Crippen LogP contribution in [0.5, 0.6) is 0 Å². The maximum atomic E-state index is 13.0. The topological polar surface area (TPSA) is 79.6 Å². The van der Waals surface area contributed by atoms with Crippen molar-refractivity contribution in [3.63, 3.8) is 0 Å². The number of nitrogens with one attached hydrogen (secondary N) is 1. The molecular formula is C20H17FN2O4S. The monoisotopic (exact) mass is 400 g/mol. The van der Waals surface area contributed by atoms with E-state index < -0.39 is 15.8 Å². The number of halogens is 1. The number of carbonyl (C=O) groups is 1. The molecule has 0 atom stereocenters. The number of fused-ring (bicyclic) bond motifs is 1. The van der Waals surface area contributed by atoms with E-state index in [9.17, 15) is 17.6 Å². The highest BCUT2D eigenvalue weighted by Gasteiger charge is 2.26. The van der Waals surface area contributed by atoms with Crippen LogP contribution in [0.4, 0.5) is 15.8 Å². The summed E-state index contributed by atoms with van der Waals surface area (Å²) in [6.07, 6.45) is 2.93. The molecule has 2 aromatic carbocycles. The average molecular weight is 400 g/mol. The highest BCUT2D eigenvalue weighted by atomic mass is 32.2. The first kappa shape index (κ1) is 18.2. The van der Waals surface area contributed by atoms with Gasteiger partial charge in [-0.05, 0) is 73.0 Å². The minimum atomic E-state index is -3.83. The molecule has 28 heavy (non-hydrogen) atoms. The Morgan fingerprint density at radius 3 is 2.61 bits per heavy atom. The zero-order chi connectivity index (χ0) is 19.7. The Hall–Kier alpha value is -3.13. The normalized spacial score (nSPS) is 13.8. The Labute approximate surface area is 161 Å². The lowest BCUT2D eigenvalue weighted by Gasteiger charge is -2.29. The molecule has 8 heteroatoms. The molecule has 4 rings (SSSR count). The molecule has 0 aliphatic carbocycles. The van der Waals surface area contributed by atoms with Crippen LogP contribution in [-0.2, 0) is 16.4 Å². The van der Waals surface area contributed by atoms with Crippen LogP contribution in [0.15, 0.2) is 70.2 Å². The van der Waals surface area contributed by atoms with Crippen LogP contribution < -0.4 is 9.62 Å². The number of amides is 1. The summed E-state index contributed by atoms with van der Waals surface area (Å²) in [6, 6.07) is 12.9. The molecule has 0 saturated heterocycles. The van der Waals surface area contributed by atoms with Gasteiger partial charge < -0.3 is 9.32 Å². The highest BCUT2D eigenvalue weighted by Crippen LogP contribution is 2.31. The van der Waals surface area contributed by atoms with E-state index in [1.807, 2.05) is 0 Å². The van der Waals surface area contributed by atoms with Crippen molar-refractivity contribution in [1.29, 1.82) is 0 Å². The van der Waals surface area contributed by atoms with Crippen LogP contribution in [0.1, 0.15) is 22.5 Å². The average Bonchev–Trinajstić information content (AvgIpc) is 3.21. The number of furan rings is 1. The van der Waals surface area contributed by atoms with E-state index >= 15 is 0 Å². The molecule has 1 amide bonds.